The van der Waals surface area contributed by atoms with Crippen LogP contribution in [-0.2, 0) is 4.79 Å². The fourth-order valence-corrected chi connectivity index (χ4v) is 4.81. The van der Waals surface area contributed by atoms with Crippen molar-refractivity contribution in [1.29, 1.82) is 0 Å². The molecule has 25 heavy (non-hydrogen) atoms. The molecule has 4 nitrogen and oxygen atoms in total. The molecule has 0 radical (unpaired) electrons. The Morgan fingerprint density at radius 3 is 2.28 bits per heavy atom. The highest BCUT2D eigenvalue weighted by molar-refractivity contribution is 5.85. The Kier molecular flexibility index (Phi) is 10.7. The summed E-state index contributed by atoms with van der Waals surface area (Å²) in [5.74, 6) is 1.29. The minimum Gasteiger partial charge on any atom is -0.342 e. The summed E-state index contributed by atoms with van der Waals surface area (Å²) in [6.07, 6.45) is 12.2. The Morgan fingerprint density at radius 2 is 1.60 bits per heavy atom. The normalized spacial score (nSPS) is 31.4. The number of halogens is 2. The molecule has 1 saturated carbocycles. The molecule has 2 saturated heterocycles. The van der Waals surface area contributed by atoms with Crippen LogP contribution in [0.2, 0.25) is 0 Å². The molecule has 2 aliphatic heterocycles. The van der Waals surface area contributed by atoms with Crippen LogP contribution in [0.4, 0.5) is 0 Å². The molecule has 0 spiro atoms. The number of hydrogen-bond acceptors (Lipinski definition) is 3. The monoisotopic (exact) mass is 393 g/mol. The molecule has 3 atom stereocenters. The molecule has 3 aliphatic rings. The molecule has 3 unspecified atom stereocenters. The third-order valence-electron chi connectivity index (χ3n) is 6.11. The van der Waals surface area contributed by atoms with Gasteiger partial charge in [0.05, 0.1) is 0 Å². The second kappa shape index (κ2) is 11.6. The van der Waals surface area contributed by atoms with E-state index in [-0.39, 0.29) is 36.8 Å². The molecule has 0 aromatic carbocycles. The van der Waals surface area contributed by atoms with E-state index in [1.807, 2.05) is 0 Å². The predicted octanol–water partition coefficient (Wildman–Crippen LogP) is 3.46. The zero-order valence-corrected chi connectivity index (χ0v) is 17.2. The van der Waals surface area contributed by atoms with E-state index in [9.17, 15) is 4.79 Å². The van der Waals surface area contributed by atoms with E-state index < -0.39 is 0 Å². The van der Waals surface area contributed by atoms with E-state index in [0.717, 1.165) is 38.8 Å². The lowest BCUT2D eigenvalue weighted by molar-refractivity contribution is -0.138. The molecule has 0 bridgehead atoms. The van der Waals surface area contributed by atoms with Crippen molar-refractivity contribution in [3.8, 4) is 0 Å². The van der Waals surface area contributed by atoms with E-state index >= 15 is 0 Å². The van der Waals surface area contributed by atoms with E-state index in [2.05, 4.69) is 9.80 Å². The van der Waals surface area contributed by atoms with Crippen LogP contribution < -0.4 is 5.73 Å². The molecule has 1 aliphatic carbocycles. The maximum Gasteiger partial charge on any atom is 0.225 e. The first-order valence-electron chi connectivity index (χ1n) is 9.99. The van der Waals surface area contributed by atoms with Gasteiger partial charge in [-0.3, -0.25) is 4.79 Å². The van der Waals surface area contributed by atoms with E-state index in [1.54, 1.807) is 0 Å². The maximum absolute atomic E-state index is 12.8. The molecule has 6 heteroatoms. The summed E-state index contributed by atoms with van der Waals surface area (Å²) in [4.78, 5) is 17.7. The number of hydrogen-bond donors (Lipinski definition) is 1. The van der Waals surface area contributed by atoms with Gasteiger partial charge in [-0.1, -0.05) is 19.3 Å². The first-order chi connectivity index (χ1) is 11.2. The number of nitrogens with zero attached hydrogens (tertiary/aromatic N) is 2. The minimum atomic E-state index is 0. The van der Waals surface area contributed by atoms with Crippen LogP contribution in [0.1, 0.15) is 64.2 Å². The quantitative estimate of drug-likeness (QED) is 0.798. The van der Waals surface area contributed by atoms with E-state index in [1.165, 1.54) is 58.2 Å². The van der Waals surface area contributed by atoms with Crippen molar-refractivity contribution in [3.05, 3.63) is 0 Å². The molecule has 3 rings (SSSR count). The van der Waals surface area contributed by atoms with Gasteiger partial charge in [0, 0.05) is 31.6 Å². The summed E-state index contributed by atoms with van der Waals surface area (Å²) >= 11 is 0. The second-order valence-electron chi connectivity index (χ2n) is 8.13. The third-order valence-corrected chi connectivity index (χ3v) is 6.11. The van der Waals surface area contributed by atoms with Crippen LogP contribution in [0.3, 0.4) is 0 Å². The van der Waals surface area contributed by atoms with Crippen molar-refractivity contribution >= 4 is 30.7 Å². The summed E-state index contributed by atoms with van der Waals surface area (Å²) < 4.78 is 0. The van der Waals surface area contributed by atoms with Crippen molar-refractivity contribution in [3.63, 3.8) is 0 Å². The molecule has 0 aromatic rings. The lowest BCUT2D eigenvalue weighted by Crippen LogP contribution is -2.47. The summed E-state index contributed by atoms with van der Waals surface area (Å²) in [5.41, 5.74) is 6.08. The van der Waals surface area contributed by atoms with Gasteiger partial charge < -0.3 is 15.5 Å². The summed E-state index contributed by atoms with van der Waals surface area (Å²) in [6.45, 7) is 5.69. The highest BCUT2D eigenvalue weighted by atomic mass is 35.5. The average molecular weight is 394 g/mol. The van der Waals surface area contributed by atoms with Crippen LogP contribution in [0.5, 0.6) is 0 Å². The average Bonchev–Trinajstić information content (AvgIpc) is 2.83. The van der Waals surface area contributed by atoms with Gasteiger partial charge in [-0.25, -0.2) is 0 Å². The predicted molar refractivity (Wildman–Crippen MR) is 109 cm³/mol. The molecule has 0 aromatic heterocycles. The van der Waals surface area contributed by atoms with Crippen LogP contribution >= 0.6 is 24.8 Å². The highest BCUT2D eigenvalue weighted by Gasteiger charge is 2.32. The zero-order valence-electron chi connectivity index (χ0n) is 15.5. The fraction of sp³-hybridized carbons (Fsp3) is 0.947. The standard InChI is InChI=1S/C19H35N3O.2ClH/c20-18-9-5-8-17(13-18)19(23)22-12-6-7-16(15-22)14-21-10-3-1-2-4-11-21;;/h16-18H,1-15,20H2;2*1H. The molecule has 3 fully saturated rings. The van der Waals surface area contributed by atoms with Crippen LogP contribution in [0.25, 0.3) is 0 Å². The Balaban J connectivity index is 0.00000156. The number of likely N-dealkylation sites (tertiary alicyclic amines) is 2. The van der Waals surface area contributed by atoms with Crippen LogP contribution in [0.15, 0.2) is 0 Å². The van der Waals surface area contributed by atoms with Crippen molar-refractivity contribution in [2.24, 2.45) is 17.6 Å². The first-order valence-corrected chi connectivity index (χ1v) is 9.99. The summed E-state index contributed by atoms with van der Waals surface area (Å²) in [6, 6.07) is 0.246. The number of carbonyl (C=O) groups excluding carboxylic acids is 1. The Bertz CT molecular complexity index is 389. The number of nitrogens with two attached hydrogens (primary N) is 1. The smallest absolute Gasteiger partial charge is 0.225 e. The molecule has 148 valence electrons. The molecular formula is C19H37Cl2N3O. The number of piperidine rings is 1. The van der Waals surface area contributed by atoms with Gasteiger partial charge in [0.1, 0.15) is 0 Å². The highest BCUT2D eigenvalue weighted by Crippen LogP contribution is 2.27. The molecule has 1 amide bonds. The second-order valence-corrected chi connectivity index (χ2v) is 8.13. The van der Waals surface area contributed by atoms with Crippen LogP contribution in [0, 0.1) is 11.8 Å². The minimum absolute atomic E-state index is 0. The first kappa shape index (κ1) is 23.0. The summed E-state index contributed by atoms with van der Waals surface area (Å²) in [7, 11) is 0. The van der Waals surface area contributed by atoms with Crippen molar-refractivity contribution in [2.75, 3.05) is 32.7 Å². The van der Waals surface area contributed by atoms with Gasteiger partial charge in [-0.2, -0.15) is 0 Å². The lowest BCUT2D eigenvalue weighted by atomic mass is 9.84. The fourth-order valence-electron chi connectivity index (χ4n) is 4.81. The molecule has 2 heterocycles. The van der Waals surface area contributed by atoms with Gasteiger partial charge in [0.25, 0.3) is 0 Å². The van der Waals surface area contributed by atoms with Gasteiger partial charge in [0.2, 0.25) is 5.91 Å². The number of carbonyl (C=O) groups is 1. The van der Waals surface area contributed by atoms with Crippen molar-refractivity contribution in [1.82, 2.24) is 9.80 Å². The molecular weight excluding hydrogens is 357 g/mol. The maximum atomic E-state index is 12.8. The van der Waals surface area contributed by atoms with Gasteiger partial charge in [-0.05, 0) is 64.0 Å². The Hall–Kier alpha value is -0.0300. The zero-order chi connectivity index (χ0) is 16.1. The number of amides is 1. The Labute approximate surface area is 166 Å². The summed E-state index contributed by atoms with van der Waals surface area (Å²) in [5, 5.41) is 0. The van der Waals surface area contributed by atoms with E-state index in [0.29, 0.717) is 11.8 Å². The van der Waals surface area contributed by atoms with Gasteiger partial charge in [0.15, 0.2) is 0 Å². The topological polar surface area (TPSA) is 49.6 Å². The van der Waals surface area contributed by atoms with Gasteiger partial charge in [-0.15, -0.1) is 24.8 Å². The Morgan fingerprint density at radius 1 is 0.880 bits per heavy atom. The van der Waals surface area contributed by atoms with E-state index in [4.69, 9.17) is 5.73 Å². The largest absolute Gasteiger partial charge is 0.342 e. The number of rotatable bonds is 3. The lowest BCUT2D eigenvalue weighted by Gasteiger charge is -2.38. The molecule has 2 N–H and O–H groups in total. The van der Waals surface area contributed by atoms with Crippen molar-refractivity contribution < 1.29 is 4.79 Å². The van der Waals surface area contributed by atoms with Gasteiger partial charge >= 0.3 is 0 Å². The third kappa shape index (κ3) is 6.89. The van der Waals surface area contributed by atoms with Crippen LogP contribution in [-0.4, -0.2) is 54.5 Å². The SMILES string of the molecule is Cl.Cl.NC1CCCC(C(=O)N2CCCC(CN3CCCCCC3)C2)C1. The van der Waals surface area contributed by atoms with Crippen molar-refractivity contribution in [2.45, 2.75) is 70.3 Å².